The van der Waals surface area contributed by atoms with Crippen molar-refractivity contribution in [2.75, 3.05) is 25.5 Å². The van der Waals surface area contributed by atoms with Crippen molar-refractivity contribution in [1.82, 2.24) is 14.3 Å². The summed E-state index contributed by atoms with van der Waals surface area (Å²) in [6.45, 7) is 5.18. The number of ether oxygens (including phenoxy) is 1. The van der Waals surface area contributed by atoms with Gasteiger partial charge in [-0.3, -0.25) is 18.9 Å². The Morgan fingerprint density at radius 3 is 2.82 bits per heavy atom. The van der Waals surface area contributed by atoms with Crippen LogP contribution in [0.3, 0.4) is 0 Å². The number of fused-ring (bicyclic) bond motifs is 1. The number of aromatic nitrogens is 2. The highest BCUT2D eigenvalue weighted by molar-refractivity contribution is 8.26. The van der Waals surface area contributed by atoms with Crippen LogP contribution in [0, 0.1) is 0 Å². The highest BCUT2D eigenvalue weighted by Gasteiger charge is 2.29. The van der Waals surface area contributed by atoms with E-state index in [1.807, 2.05) is 19.9 Å². The van der Waals surface area contributed by atoms with Gasteiger partial charge >= 0.3 is 0 Å². The largest absolute Gasteiger partial charge is 0.379 e. The molecule has 0 bridgehead atoms. The monoisotopic (exact) mass is 418 g/mol. The first kappa shape index (κ1) is 20.5. The molecule has 0 radical (unpaired) electrons. The van der Waals surface area contributed by atoms with E-state index in [0.717, 1.165) is 6.42 Å². The molecule has 1 fully saturated rings. The topological polar surface area (TPSA) is 75.9 Å². The SMILES string of the molecule is CC(C)OCCCNc1nc2ccccn2c(=O)c1/C=C1\SC(=S)N(C)C1=O. The number of nitrogens with zero attached hydrogens (tertiary/aromatic N) is 3. The molecule has 2 aromatic rings. The van der Waals surface area contributed by atoms with Crippen molar-refractivity contribution < 1.29 is 9.53 Å². The van der Waals surface area contributed by atoms with Gasteiger partial charge in [0.2, 0.25) is 0 Å². The van der Waals surface area contributed by atoms with E-state index in [9.17, 15) is 9.59 Å². The summed E-state index contributed by atoms with van der Waals surface area (Å²) >= 11 is 6.35. The summed E-state index contributed by atoms with van der Waals surface area (Å²) in [5.41, 5.74) is 0.629. The summed E-state index contributed by atoms with van der Waals surface area (Å²) in [5, 5.41) is 3.22. The van der Waals surface area contributed by atoms with Crippen LogP contribution in [0.1, 0.15) is 25.8 Å². The minimum absolute atomic E-state index is 0.176. The zero-order valence-corrected chi connectivity index (χ0v) is 17.6. The number of thiocarbonyl (C=S) groups is 1. The third-order valence-corrected chi connectivity index (χ3v) is 5.58. The Morgan fingerprint density at radius 2 is 2.14 bits per heavy atom. The lowest BCUT2D eigenvalue weighted by molar-refractivity contribution is -0.121. The second kappa shape index (κ2) is 8.85. The Labute approximate surface area is 172 Å². The second-order valence-electron chi connectivity index (χ2n) is 6.55. The molecule has 0 spiro atoms. The lowest BCUT2D eigenvalue weighted by atomic mass is 10.2. The summed E-state index contributed by atoms with van der Waals surface area (Å²) in [6, 6.07) is 5.36. The van der Waals surface area contributed by atoms with E-state index >= 15 is 0 Å². The molecule has 0 saturated carbocycles. The number of carbonyl (C=O) groups is 1. The van der Waals surface area contributed by atoms with Crippen LogP contribution in [-0.4, -0.2) is 50.8 Å². The Balaban J connectivity index is 1.95. The number of thioether (sulfide) groups is 1. The van der Waals surface area contributed by atoms with Gasteiger partial charge in [-0.2, -0.15) is 0 Å². The maximum atomic E-state index is 13.0. The van der Waals surface area contributed by atoms with Gasteiger partial charge in [0.25, 0.3) is 11.5 Å². The van der Waals surface area contributed by atoms with Crippen molar-refractivity contribution in [3.63, 3.8) is 0 Å². The Kier molecular flexibility index (Phi) is 6.48. The number of hydrogen-bond donors (Lipinski definition) is 1. The Bertz CT molecular complexity index is 1000. The van der Waals surface area contributed by atoms with E-state index in [1.165, 1.54) is 21.1 Å². The van der Waals surface area contributed by atoms with Gasteiger partial charge in [0.1, 0.15) is 15.8 Å². The molecule has 0 aliphatic carbocycles. The first-order chi connectivity index (χ1) is 13.4. The van der Waals surface area contributed by atoms with E-state index in [0.29, 0.717) is 39.4 Å². The average molecular weight is 419 g/mol. The number of pyridine rings is 1. The minimum atomic E-state index is -0.243. The normalized spacial score (nSPS) is 16.0. The lowest BCUT2D eigenvalue weighted by Crippen LogP contribution is -2.23. The van der Waals surface area contributed by atoms with Crippen LogP contribution < -0.4 is 10.9 Å². The number of carbonyl (C=O) groups excluding carboxylic acids is 1. The number of anilines is 1. The van der Waals surface area contributed by atoms with Gasteiger partial charge in [-0.1, -0.05) is 30.0 Å². The van der Waals surface area contributed by atoms with Crippen molar-refractivity contribution in [2.24, 2.45) is 0 Å². The third kappa shape index (κ3) is 4.43. The van der Waals surface area contributed by atoms with Crippen molar-refractivity contribution in [1.29, 1.82) is 0 Å². The molecule has 148 valence electrons. The Hall–Kier alpha value is -2.23. The number of hydrogen-bond acceptors (Lipinski definition) is 7. The molecule has 1 saturated heterocycles. The molecule has 28 heavy (non-hydrogen) atoms. The molecule has 1 aliphatic heterocycles. The highest BCUT2D eigenvalue weighted by Crippen LogP contribution is 2.31. The molecule has 7 nitrogen and oxygen atoms in total. The number of nitrogens with one attached hydrogen (secondary N) is 1. The number of rotatable bonds is 7. The zero-order valence-electron chi connectivity index (χ0n) is 16.0. The molecule has 3 heterocycles. The van der Waals surface area contributed by atoms with Crippen LogP contribution in [0.2, 0.25) is 0 Å². The summed E-state index contributed by atoms with van der Waals surface area (Å²) in [4.78, 5) is 31.8. The molecule has 3 rings (SSSR count). The van der Waals surface area contributed by atoms with E-state index in [4.69, 9.17) is 17.0 Å². The van der Waals surface area contributed by atoms with Crippen LogP contribution in [0.4, 0.5) is 5.82 Å². The molecule has 0 unspecified atom stereocenters. The van der Waals surface area contributed by atoms with E-state index < -0.39 is 0 Å². The van der Waals surface area contributed by atoms with Crippen molar-refractivity contribution in [2.45, 2.75) is 26.4 Å². The van der Waals surface area contributed by atoms with Gasteiger partial charge in [-0.05, 0) is 38.5 Å². The third-order valence-electron chi connectivity index (χ3n) is 4.10. The average Bonchev–Trinajstić information content (AvgIpc) is 2.91. The van der Waals surface area contributed by atoms with Crippen LogP contribution in [0.15, 0.2) is 34.1 Å². The Morgan fingerprint density at radius 1 is 1.36 bits per heavy atom. The smallest absolute Gasteiger partial charge is 0.267 e. The van der Waals surface area contributed by atoms with Crippen LogP contribution in [0.25, 0.3) is 11.7 Å². The summed E-state index contributed by atoms with van der Waals surface area (Å²) < 4.78 is 7.47. The zero-order chi connectivity index (χ0) is 20.3. The van der Waals surface area contributed by atoms with Crippen LogP contribution in [0.5, 0.6) is 0 Å². The van der Waals surface area contributed by atoms with Crippen LogP contribution in [-0.2, 0) is 9.53 Å². The standard InChI is InChI=1S/C19H22N4O3S2/c1-12(2)26-10-6-8-20-16-13(11-14-18(25)22(3)19(27)28-14)17(24)23-9-5-4-7-15(23)21-16/h4-5,7,9,11-12,20H,6,8,10H2,1-3H3/b14-11-. The maximum Gasteiger partial charge on any atom is 0.267 e. The van der Waals surface area contributed by atoms with Gasteiger partial charge in [-0.25, -0.2) is 4.98 Å². The van der Waals surface area contributed by atoms with Gasteiger partial charge < -0.3 is 10.1 Å². The van der Waals surface area contributed by atoms with Crippen molar-refractivity contribution in [3.05, 3.63) is 45.2 Å². The highest BCUT2D eigenvalue weighted by atomic mass is 32.2. The second-order valence-corrected chi connectivity index (χ2v) is 8.22. The van der Waals surface area contributed by atoms with Gasteiger partial charge in [0.15, 0.2) is 0 Å². The van der Waals surface area contributed by atoms with E-state index in [2.05, 4.69) is 10.3 Å². The van der Waals surface area contributed by atoms with Crippen LogP contribution >= 0.6 is 24.0 Å². The van der Waals surface area contributed by atoms with Gasteiger partial charge in [0, 0.05) is 26.4 Å². The predicted molar refractivity (Wildman–Crippen MR) is 117 cm³/mol. The molecule has 1 amide bonds. The predicted octanol–water partition coefficient (Wildman–Crippen LogP) is 2.75. The minimum Gasteiger partial charge on any atom is -0.379 e. The molecule has 1 N–H and O–H groups in total. The quantitative estimate of drug-likeness (QED) is 0.421. The number of amides is 1. The first-order valence-corrected chi connectivity index (χ1v) is 10.2. The molecule has 9 heteroatoms. The van der Waals surface area contributed by atoms with Crippen molar-refractivity contribution in [3.8, 4) is 0 Å². The molecule has 1 aliphatic rings. The van der Waals surface area contributed by atoms with Crippen molar-refractivity contribution >= 4 is 51.7 Å². The summed E-state index contributed by atoms with van der Waals surface area (Å²) in [7, 11) is 1.62. The fourth-order valence-electron chi connectivity index (χ4n) is 2.64. The molecular formula is C19H22N4O3S2. The summed E-state index contributed by atoms with van der Waals surface area (Å²) in [6.07, 6.45) is 4.18. The molecular weight excluding hydrogens is 396 g/mol. The van der Waals surface area contributed by atoms with E-state index in [1.54, 1.807) is 31.5 Å². The van der Waals surface area contributed by atoms with E-state index in [-0.39, 0.29) is 17.6 Å². The maximum absolute atomic E-state index is 13.0. The van der Waals surface area contributed by atoms with Gasteiger partial charge in [0.05, 0.1) is 16.6 Å². The summed E-state index contributed by atoms with van der Waals surface area (Å²) in [5.74, 6) is 0.228. The fourth-order valence-corrected chi connectivity index (χ4v) is 3.80. The fraction of sp³-hybridized carbons (Fsp3) is 0.368. The molecule has 0 atom stereocenters. The first-order valence-electron chi connectivity index (χ1n) is 8.97. The number of likely N-dealkylation sites (N-methyl/N-ethyl adjacent to an activating group) is 1. The molecule has 0 aromatic carbocycles. The lowest BCUT2D eigenvalue weighted by Gasteiger charge is -2.12. The van der Waals surface area contributed by atoms with Gasteiger partial charge in [-0.15, -0.1) is 0 Å². The molecule has 2 aromatic heterocycles.